The van der Waals surface area contributed by atoms with Gasteiger partial charge in [-0.2, -0.15) is 0 Å². The number of fused-ring (bicyclic) bond motifs is 1. The van der Waals surface area contributed by atoms with Gasteiger partial charge in [0.05, 0.1) is 11.0 Å². The topological polar surface area (TPSA) is 34.9 Å². The lowest BCUT2D eigenvalue weighted by Crippen LogP contribution is -2.08. The molecule has 2 aromatic carbocycles. The van der Waals surface area contributed by atoms with Gasteiger partial charge in [-0.15, -0.1) is 0 Å². The van der Waals surface area contributed by atoms with Gasteiger partial charge in [-0.1, -0.05) is 48.5 Å². The summed E-state index contributed by atoms with van der Waals surface area (Å²) >= 11 is 0. The van der Waals surface area contributed by atoms with Crippen molar-refractivity contribution in [2.75, 3.05) is 0 Å². The molecule has 3 heteroatoms. The molecule has 0 spiro atoms. The molecule has 0 saturated heterocycles. The second-order valence-electron chi connectivity index (χ2n) is 4.46. The van der Waals surface area contributed by atoms with E-state index in [0.717, 1.165) is 16.6 Å². The highest BCUT2D eigenvalue weighted by molar-refractivity contribution is 6.00. The number of benzene rings is 2. The summed E-state index contributed by atoms with van der Waals surface area (Å²) in [7, 11) is 0. The first-order chi connectivity index (χ1) is 9.81. The van der Waals surface area contributed by atoms with Gasteiger partial charge in [0.1, 0.15) is 5.82 Å². The zero-order valence-corrected chi connectivity index (χ0v) is 11.2. The van der Waals surface area contributed by atoms with Gasteiger partial charge in [0.25, 0.3) is 5.91 Å². The molecule has 0 aliphatic heterocycles. The molecule has 3 nitrogen and oxygen atoms in total. The molecule has 0 aliphatic carbocycles. The van der Waals surface area contributed by atoms with Gasteiger partial charge >= 0.3 is 0 Å². The van der Waals surface area contributed by atoms with Crippen LogP contribution in [0.1, 0.15) is 11.7 Å². The van der Waals surface area contributed by atoms with Crippen molar-refractivity contribution in [1.29, 1.82) is 0 Å². The second kappa shape index (κ2) is 5.13. The van der Waals surface area contributed by atoms with Crippen molar-refractivity contribution in [1.82, 2.24) is 9.55 Å². The fourth-order valence-corrected chi connectivity index (χ4v) is 2.25. The van der Waals surface area contributed by atoms with E-state index in [-0.39, 0.29) is 5.91 Å². The predicted molar refractivity (Wildman–Crippen MR) is 80.6 cm³/mol. The van der Waals surface area contributed by atoms with Crippen molar-refractivity contribution in [3.63, 3.8) is 0 Å². The van der Waals surface area contributed by atoms with Gasteiger partial charge in [0.15, 0.2) is 0 Å². The van der Waals surface area contributed by atoms with E-state index in [1.165, 1.54) is 0 Å². The van der Waals surface area contributed by atoms with Gasteiger partial charge in [-0.05, 0) is 25.1 Å². The van der Waals surface area contributed by atoms with E-state index in [4.69, 9.17) is 0 Å². The molecule has 3 rings (SSSR count). The third-order valence-electron chi connectivity index (χ3n) is 3.12. The summed E-state index contributed by atoms with van der Waals surface area (Å²) in [5.74, 6) is 0.593. The van der Waals surface area contributed by atoms with E-state index in [1.54, 1.807) is 16.7 Å². The Balaban J connectivity index is 2.31. The van der Waals surface area contributed by atoms with Crippen molar-refractivity contribution in [2.24, 2.45) is 0 Å². The van der Waals surface area contributed by atoms with Gasteiger partial charge < -0.3 is 0 Å². The molecule has 0 amide bonds. The third kappa shape index (κ3) is 2.03. The number of imidazole rings is 1. The molecule has 1 aromatic heterocycles. The molecule has 0 bridgehead atoms. The minimum absolute atomic E-state index is 0.0833. The number of nitrogens with zero attached hydrogens (tertiary/aromatic N) is 2. The normalized spacial score (nSPS) is 11.2. The Bertz CT molecular complexity index is 785. The fraction of sp³-hybridized carbons (Fsp3) is 0.0588. The lowest BCUT2D eigenvalue weighted by molar-refractivity contribution is 0.0975. The van der Waals surface area contributed by atoms with Crippen LogP contribution < -0.4 is 0 Å². The van der Waals surface area contributed by atoms with Crippen LogP contribution in [0.4, 0.5) is 0 Å². The van der Waals surface area contributed by atoms with Gasteiger partial charge in [-0.25, -0.2) is 4.98 Å². The largest absolute Gasteiger partial charge is 0.269 e. The van der Waals surface area contributed by atoms with Gasteiger partial charge in [0.2, 0.25) is 0 Å². The van der Waals surface area contributed by atoms with Crippen molar-refractivity contribution in [3.8, 4) is 11.4 Å². The SMILES string of the molecule is CC=CC(=O)n1c(-c2ccccc2)nc2ccccc21. The molecule has 1 heterocycles. The fourth-order valence-electron chi connectivity index (χ4n) is 2.25. The van der Waals surface area contributed by atoms with Crippen LogP contribution in [0.5, 0.6) is 0 Å². The zero-order valence-electron chi connectivity index (χ0n) is 11.2. The number of aromatic nitrogens is 2. The summed E-state index contributed by atoms with van der Waals surface area (Å²) < 4.78 is 1.66. The molecule has 0 unspecified atom stereocenters. The molecule has 0 radical (unpaired) electrons. The Morgan fingerprint density at radius 3 is 2.50 bits per heavy atom. The molecule has 0 aliphatic rings. The zero-order chi connectivity index (χ0) is 13.9. The number of carbonyl (C=O) groups excluding carboxylic acids is 1. The highest BCUT2D eigenvalue weighted by Gasteiger charge is 2.15. The Morgan fingerprint density at radius 2 is 1.75 bits per heavy atom. The number of allylic oxidation sites excluding steroid dienone is 2. The monoisotopic (exact) mass is 262 g/mol. The summed E-state index contributed by atoms with van der Waals surface area (Å²) in [6, 6.07) is 17.4. The standard InChI is InChI=1S/C17H14N2O/c1-2-8-16(20)19-15-12-7-6-11-14(15)18-17(19)13-9-4-3-5-10-13/h2-12H,1H3. The van der Waals surface area contributed by atoms with Crippen molar-refractivity contribution >= 4 is 16.9 Å². The van der Waals surface area contributed by atoms with Crippen LogP contribution in [-0.4, -0.2) is 15.5 Å². The van der Waals surface area contributed by atoms with E-state index in [1.807, 2.05) is 61.5 Å². The van der Waals surface area contributed by atoms with Crippen LogP contribution in [0.15, 0.2) is 66.7 Å². The number of para-hydroxylation sites is 2. The number of hydrogen-bond donors (Lipinski definition) is 0. The van der Waals surface area contributed by atoms with E-state index in [0.29, 0.717) is 5.82 Å². The lowest BCUT2D eigenvalue weighted by Gasteiger charge is -2.05. The smallest absolute Gasteiger partial charge is 0.256 e. The summed E-state index contributed by atoms with van der Waals surface area (Å²) in [6.07, 6.45) is 3.30. The Morgan fingerprint density at radius 1 is 1.05 bits per heavy atom. The number of hydrogen-bond acceptors (Lipinski definition) is 2. The molecular formula is C17H14N2O. The minimum atomic E-state index is -0.0833. The van der Waals surface area contributed by atoms with Crippen LogP contribution in [0.25, 0.3) is 22.4 Å². The molecule has 0 atom stereocenters. The van der Waals surface area contributed by atoms with Crippen LogP contribution in [0.3, 0.4) is 0 Å². The quantitative estimate of drug-likeness (QED) is 0.656. The van der Waals surface area contributed by atoms with Crippen LogP contribution in [0.2, 0.25) is 0 Å². The van der Waals surface area contributed by atoms with E-state index >= 15 is 0 Å². The van der Waals surface area contributed by atoms with Gasteiger partial charge in [-0.3, -0.25) is 9.36 Å². The molecule has 0 N–H and O–H groups in total. The number of carbonyl (C=O) groups is 1. The first-order valence-electron chi connectivity index (χ1n) is 6.51. The second-order valence-corrected chi connectivity index (χ2v) is 4.46. The third-order valence-corrected chi connectivity index (χ3v) is 3.12. The van der Waals surface area contributed by atoms with Crippen LogP contribution in [0, 0.1) is 0 Å². The average Bonchev–Trinajstić information content (AvgIpc) is 2.88. The Kier molecular flexibility index (Phi) is 3.17. The highest BCUT2D eigenvalue weighted by Crippen LogP contribution is 2.24. The summed E-state index contributed by atoms with van der Waals surface area (Å²) in [5, 5.41) is 0. The predicted octanol–water partition coefficient (Wildman–Crippen LogP) is 3.92. The van der Waals surface area contributed by atoms with Crippen LogP contribution >= 0.6 is 0 Å². The lowest BCUT2D eigenvalue weighted by atomic mass is 10.2. The molecule has 3 aromatic rings. The van der Waals surface area contributed by atoms with E-state index in [2.05, 4.69) is 4.98 Å². The molecule has 0 saturated carbocycles. The highest BCUT2D eigenvalue weighted by atomic mass is 16.2. The maximum Gasteiger partial charge on any atom is 0.256 e. The maximum atomic E-state index is 12.4. The summed E-state index contributed by atoms with van der Waals surface area (Å²) in [4.78, 5) is 16.9. The Hall–Kier alpha value is -2.68. The average molecular weight is 262 g/mol. The van der Waals surface area contributed by atoms with Crippen molar-refractivity contribution in [2.45, 2.75) is 6.92 Å². The first kappa shape index (κ1) is 12.4. The summed E-state index contributed by atoms with van der Waals surface area (Å²) in [5.41, 5.74) is 2.58. The molecule has 98 valence electrons. The molecule has 20 heavy (non-hydrogen) atoms. The van der Waals surface area contributed by atoms with Crippen LogP contribution in [-0.2, 0) is 0 Å². The molecule has 0 fully saturated rings. The van der Waals surface area contributed by atoms with Gasteiger partial charge in [0, 0.05) is 5.56 Å². The first-order valence-corrected chi connectivity index (χ1v) is 6.51. The Labute approximate surface area is 117 Å². The van der Waals surface area contributed by atoms with E-state index < -0.39 is 0 Å². The van der Waals surface area contributed by atoms with E-state index in [9.17, 15) is 4.79 Å². The minimum Gasteiger partial charge on any atom is -0.269 e. The maximum absolute atomic E-state index is 12.4. The van der Waals surface area contributed by atoms with Crippen molar-refractivity contribution in [3.05, 3.63) is 66.7 Å². The number of rotatable bonds is 2. The summed E-state index contributed by atoms with van der Waals surface area (Å²) in [6.45, 7) is 1.83. The van der Waals surface area contributed by atoms with Crippen molar-refractivity contribution < 1.29 is 4.79 Å². The molecular weight excluding hydrogens is 248 g/mol.